The summed E-state index contributed by atoms with van der Waals surface area (Å²) in [6.45, 7) is 9.12. The smallest absolute Gasteiger partial charge is 0.307 e. The molecular weight excluding hydrogens is 204 g/mol. The highest BCUT2D eigenvalue weighted by molar-refractivity contribution is 5.69. The second-order valence-electron chi connectivity index (χ2n) is 4.60. The topological polar surface area (TPSA) is 32.8 Å². The molecule has 0 aliphatic carbocycles. The zero-order chi connectivity index (χ0) is 12.0. The number of rotatable bonds is 5. The lowest BCUT2D eigenvalue weighted by atomic mass is 10.3. The van der Waals surface area contributed by atoms with Gasteiger partial charge in [-0.25, -0.2) is 0 Å². The predicted molar refractivity (Wildman–Crippen MR) is 64.4 cm³/mol. The molecule has 4 heteroatoms. The van der Waals surface area contributed by atoms with Gasteiger partial charge in [-0.1, -0.05) is 6.92 Å². The Labute approximate surface area is 98.5 Å². The minimum atomic E-state index is -0.0618. The number of carbonyl (C=O) groups is 1. The Morgan fingerprint density at radius 3 is 2.50 bits per heavy atom. The van der Waals surface area contributed by atoms with Gasteiger partial charge < -0.3 is 14.5 Å². The molecule has 0 bridgehead atoms. The first-order chi connectivity index (χ1) is 7.61. The van der Waals surface area contributed by atoms with E-state index >= 15 is 0 Å². The maximum Gasteiger partial charge on any atom is 0.307 e. The number of likely N-dealkylation sites (N-methyl/N-ethyl adjacent to an activating group) is 1. The van der Waals surface area contributed by atoms with E-state index in [-0.39, 0.29) is 12.1 Å². The molecule has 1 fully saturated rings. The second-order valence-corrected chi connectivity index (χ2v) is 4.60. The van der Waals surface area contributed by atoms with Crippen molar-refractivity contribution in [1.82, 2.24) is 9.80 Å². The predicted octanol–water partition coefficient (Wildman–Crippen LogP) is 0.966. The summed E-state index contributed by atoms with van der Waals surface area (Å²) in [6, 6.07) is 0. The molecule has 1 atom stereocenters. The van der Waals surface area contributed by atoms with Crippen molar-refractivity contribution >= 4 is 5.97 Å². The Balaban J connectivity index is 2.12. The highest BCUT2D eigenvalue weighted by Gasteiger charge is 2.15. The van der Waals surface area contributed by atoms with Gasteiger partial charge in [0.15, 0.2) is 0 Å². The summed E-state index contributed by atoms with van der Waals surface area (Å²) in [4.78, 5) is 16.1. The van der Waals surface area contributed by atoms with E-state index in [0.29, 0.717) is 6.42 Å². The third kappa shape index (κ3) is 4.94. The molecule has 0 spiro atoms. The van der Waals surface area contributed by atoms with Crippen LogP contribution in [0.1, 0.15) is 26.7 Å². The van der Waals surface area contributed by atoms with E-state index in [1.807, 2.05) is 13.8 Å². The normalized spacial score (nSPS) is 20.7. The van der Waals surface area contributed by atoms with E-state index in [0.717, 1.165) is 39.1 Å². The van der Waals surface area contributed by atoms with Crippen molar-refractivity contribution in [2.45, 2.75) is 32.8 Å². The van der Waals surface area contributed by atoms with Crippen LogP contribution in [0.2, 0.25) is 0 Å². The van der Waals surface area contributed by atoms with Gasteiger partial charge in [0.1, 0.15) is 0 Å². The number of carbonyl (C=O) groups excluding carboxylic acids is 1. The van der Waals surface area contributed by atoms with Crippen LogP contribution < -0.4 is 0 Å². The van der Waals surface area contributed by atoms with Gasteiger partial charge in [0.25, 0.3) is 0 Å². The molecule has 0 amide bonds. The molecule has 1 aliphatic rings. The molecule has 1 unspecified atom stereocenters. The number of nitrogens with zero attached hydrogens (tertiary/aromatic N) is 2. The lowest BCUT2D eigenvalue weighted by Gasteiger charge is -2.32. The van der Waals surface area contributed by atoms with E-state index in [1.54, 1.807) is 0 Å². The molecule has 0 radical (unpaired) electrons. The molecule has 94 valence electrons. The lowest BCUT2D eigenvalue weighted by molar-refractivity contribution is -0.148. The van der Waals surface area contributed by atoms with Crippen molar-refractivity contribution in [2.24, 2.45) is 0 Å². The van der Waals surface area contributed by atoms with E-state index in [2.05, 4.69) is 16.8 Å². The van der Waals surface area contributed by atoms with Crippen molar-refractivity contribution in [1.29, 1.82) is 0 Å². The lowest BCUT2D eigenvalue weighted by Crippen LogP contribution is -2.45. The summed E-state index contributed by atoms with van der Waals surface area (Å²) in [7, 11) is 2.13. The van der Waals surface area contributed by atoms with Gasteiger partial charge in [-0.3, -0.25) is 4.79 Å². The number of hydrogen-bond donors (Lipinski definition) is 0. The Kier molecular flexibility index (Phi) is 5.77. The van der Waals surface area contributed by atoms with Crippen LogP contribution in [-0.2, 0) is 9.53 Å². The molecule has 1 aliphatic heterocycles. The molecular formula is C12H24N2O2. The summed E-state index contributed by atoms with van der Waals surface area (Å²) < 4.78 is 5.24. The van der Waals surface area contributed by atoms with Crippen LogP contribution in [0, 0.1) is 0 Å². The van der Waals surface area contributed by atoms with Crippen LogP contribution in [0.25, 0.3) is 0 Å². The monoisotopic (exact) mass is 228 g/mol. The van der Waals surface area contributed by atoms with Gasteiger partial charge in [0, 0.05) is 32.7 Å². The van der Waals surface area contributed by atoms with Crippen molar-refractivity contribution in [2.75, 3.05) is 39.8 Å². The van der Waals surface area contributed by atoms with Crippen molar-refractivity contribution in [3.63, 3.8) is 0 Å². The number of hydrogen-bond acceptors (Lipinski definition) is 4. The van der Waals surface area contributed by atoms with Gasteiger partial charge in [-0.05, 0) is 20.4 Å². The Hall–Kier alpha value is -0.610. The SMILES string of the molecule is CCC(C)OC(=O)CCN1CCN(C)CC1. The molecule has 0 N–H and O–H groups in total. The second kappa shape index (κ2) is 6.86. The summed E-state index contributed by atoms with van der Waals surface area (Å²) in [5.74, 6) is -0.0618. The third-order valence-electron chi connectivity index (χ3n) is 3.14. The first kappa shape index (κ1) is 13.5. The fourth-order valence-electron chi connectivity index (χ4n) is 1.69. The largest absolute Gasteiger partial charge is 0.463 e. The zero-order valence-electron chi connectivity index (χ0n) is 10.7. The Bertz CT molecular complexity index is 213. The third-order valence-corrected chi connectivity index (χ3v) is 3.14. The Morgan fingerprint density at radius 2 is 1.94 bits per heavy atom. The molecule has 0 aromatic carbocycles. The molecule has 4 nitrogen and oxygen atoms in total. The van der Waals surface area contributed by atoms with E-state index in [9.17, 15) is 4.79 Å². The van der Waals surface area contributed by atoms with Gasteiger partial charge in [0.2, 0.25) is 0 Å². The van der Waals surface area contributed by atoms with Crippen LogP contribution in [0.15, 0.2) is 0 Å². The summed E-state index contributed by atoms with van der Waals surface area (Å²) >= 11 is 0. The Morgan fingerprint density at radius 1 is 1.31 bits per heavy atom. The van der Waals surface area contributed by atoms with Gasteiger partial charge in [-0.2, -0.15) is 0 Å². The molecule has 1 heterocycles. The van der Waals surface area contributed by atoms with Crippen molar-refractivity contribution < 1.29 is 9.53 Å². The van der Waals surface area contributed by atoms with Crippen LogP contribution in [0.4, 0.5) is 0 Å². The number of ether oxygens (including phenoxy) is 1. The molecule has 16 heavy (non-hydrogen) atoms. The van der Waals surface area contributed by atoms with Crippen molar-refractivity contribution in [3.05, 3.63) is 0 Å². The molecule has 0 aromatic rings. The maximum atomic E-state index is 11.5. The van der Waals surface area contributed by atoms with Crippen LogP contribution in [0.3, 0.4) is 0 Å². The van der Waals surface area contributed by atoms with Gasteiger partial charge in [-0.15, -0.1) is 0 Å². The van der Waals surface area contributed by atoms with E-state index in [4.69, 9.17) is 4.74 Å². The van der Waals surface area contributed by atoms with Crippen molar-refractivity contribution in [3.8, 4) is 0 Å². The van der Waals surface area contributed by atoms with E-state index in [1.165, 1.54) is 0 Å². The fraction of sp³-hybridized carbons (Fsp3) is 0.917. The number of esters is 1. The molecule has 0 saturated carbocycles. The average molecular weight is 228 g/mol. The maximum absolute atomic E-state index is 11.5. The van der Waals surface area contributed by atoms with Crippen LogP contribution in [-0.4, -0.2) is 61.6 Å². The molecule has 1 rings (SSSR count). The van der Waals surface area contributed by atoms with Crippen LogP contribution in [0.5, 0.6) is 0 Å². The first-order valence-electron chi connectivity index (χ1n) is 6.22. The quantitative estimate of drug-likeness (QED) is 0.656. The standard InChI is InChI=1S/C12H24N2O2/c1-4-11(2)16-12(15)5-6-14-9-7-13(3)8-10-14/h11H,4-10H2,1-3H3. The average Bonchev–Trinajstić information content (AvgIpc) is 2.28. The minimum absolute atomic E-state index is 0.0555. The van der Waals surface area contributed by atoms with Crippen LogP contribution >= 0.6 is 0 Å². The minimum Gasteiger partial charge on any atom is -0.463 e. The first-order valence-corrected chi connectivity index (χ1v) is 6.22. The van der Waals surface area contributed by atoms with E-state index < -0.39 is 0 Å². The number of piperazine rings is 1. The molecule has 1 saturated heterocycles. The highest BCUT2D eigenvalue weighted by Crippen LogP contribution is 2.03. The van der Waals surface area contributed by atoms with Gasteiger partial charge >= 0.3 is 5.97 Å². The zero-order valence-corrected chi connectivity index (χ0v) is 10.7. The summed E-state index contributed by atoms with van der Waals surface area (Å²) in [6.07, 6.45) is 1.47. The summed E-state index contributed by atoms with van der Waals surface area (Å²) in [5.41, 5.74) is 0. The highest BCUT2D eigenvalue weighted by atomic mass is 16.5. The summed E-state index contributed by atoms with van der Waals surface area (Å²) in [5, 5.41) is 0. The molecule has 0 aromatic heterocycles. The van der Waals surface area contributed by atoms with Gasteiger partial charge in [0.05, 0.1) is 12.5 Å². The fourth-order valence-corrected chi connectivity index (χ4v) is 1.69.